The first-order valence-corrected chi connectivity index (χ1v) is 9.09. The maximum atomic E-state index is 12.2. The molecule has 1 aliphatic heterocycles. The van der Waals surface area contributed by atoms with Crippen LogP contribution in [0.4, 0.5) is 5.69 Å². The fourth-order valence-corrected chi connectivity index (χ4v) is 3.36. The lowest BCUT2D eigenvalue weighted by molar-refractivity contribution is -0.117. The Kier molecular flexibility index (Phi) is 6.11. The first-order chi connectivity index (χ1) is 10.9. The van der Waals surface area contributed by atoms with E-state index in [2.05, 4.69) is 15.5 Å². The van der Waals surface area contributed by atoms with Crippen molar-refractivity contribution in [2.45, 2.75) is 11.3 Å². The van der Waals surface area contributed by atoms with Crippen LogP contribution < -0.4 is 10.6 Å². The van der Waals surface area contributed by atoms with Crippen LogP contribution in [0.1, 0.15) is 6.42 Å². The van der Waals surface area contributed by atoms with Crippen LogP contribution in [0.15, 0.2) is 29.2 Å². The zero-order valence-electron chi connectivity index (χ0n) is 13.6. The van der Waals surface area contributed by atoms with Gasteiger partial charge in [0.15, 0.2) is 0 Å². The van der Waals surface area contributed by atoms with Gasteiger partial charge in [-0.2, -0.15) is 0 Å². The Morgan fingerprint density at radius 2 is 2.09 bits per heavy atom. The molecule has 2 rings (SSSR count). The molecule has 1 aromatic rings. The number of sulfonamides is 1. The van der Waals surface area contributed by atoms with Gasteiger partial charge < -0.3 is 10.6 Å². The number of amides is 1. The Morgan fingerprint density at radius 3 is 2.83 bits per heavy atom. The molecular weight excluding hydrogens is 316 g/mol. The summed E-state index contributed by atoms with van der Waals surface area (Å²) in [5.41, 5.74) is 0.492. The minimum absolute atomic E-state index is 0.133. The summed E-state index contributed by atoms with van der Waals surface area (Å²) >= 11 is 0. The van der Waals surface area contributed by atoms with Crippen LogP contribution in [-0.2, 0) is 14.8 Å². The molecule has 1 amide bonds. The number of rotatable bonds is 5. The van der Waals surface area contributed by atoms with Gasteiger partial charge in [0.1, 0.15) is 0 Å². The van der Waals surface area contributed by atoms with Gasteiger partial charge in [-0.25, -0.2) is 12.7 Å². The Bertz CT molecular complexity index is 638. The summed E-state index contributed by atoms with van der Waals surface area (Å²) in [6.07, 6.45) is 1.02. The largest absolute Gasteiger partial charge is 0.325 e. The van der Waals surface area contributed by atoms with Gasteiger partial charge in [0.2, 0.25) is 15.9 Å². The fraction of sp³-hybridized carbons (Fsp3) is 0.533. The normalized spacial score (nSPS) is 17.0. The van der Waals surface area contributed by atoms with Crippen LogP contribution in [0, 0.1) is 0 Å². The molecule has 2 N–H and O–H groups in total. The highest BCUT2D eigenvalue weighted by molar-refractivity contribution is 7.89. The third-order valence-electron chi connectivity index (χ3n) is 3.70. The van der Waals surface area contributed by atoms with E-state index in [4.69, 9.17) is 0 Å². The maximum absolute atomic E-state index is 12.2. The molecule has 0 radical (unpaired) electrons. The molecule has 0 aliphatic carbocycles. The van der Waals surface area contributed by atoms with Gasteiger partial charge in [-0.05, 0) is 37.7 Å². The van der Waals surface area contributed by atoms with Crippen molar-refractivity contribution in [3.05, 3.63) is 24.3 Å². The molecule has 0 saturated carbocycles. The van der Waals surface area contributed by atoms with Gasteiger partial charge in [-0.3, -0.25) is 9.69 Å². The Labute approximate surface area is 137 Å². The molecule has 0 spiro atoms. The predicted molar refractivity (Wildman–Crippen MR) is 89.9 cm³/mol. The number of benzene rings is 1. The molecule has 8 heteroatoms. The highest BCUT2D eigenvalue weighted by atomic mass is 32.2. The molecule has 0 bridgehead atoms. The maximum Gasteiger partial charge on any atom is 0.242 e. The molecule has 0 unspecified atom stereocenters. The summed E-state index contributed by atoms with van der Waals surface area (Å²) in [5.74, 6) is -0.133. The molecule has 0 aromatic heterocycles. The van der Waals surface area contributed by atoms with E-state index in [0.717, 1.165) is 36.9 Å². The summed E-state index contributed by atoms with van der Waals surface area (Å²) in [4.78, 5) is 14.4. The second-order valence-electron chi connectivity index (χ2n) is 5.74. The molecular formula is C15H24N4O3S. The molecule has 1 aromatic carbocycles. The van der Waals surface area contributed by atoms with Crippen molar-refractivity contribution in [2.75, 3.05) is 52.1 Å². The standard InChI is InChI=1S/C15H24N4O3S/c1-18(2)23(21,22)14-6-3-5-13(11-14)17-15(20)12-19-9-4-7-16-8-10-19/h3,5-6,11,16H,4,7-10,12H2,1-2H3,(H,17,20). The molecule has 1 aliphatic rings. The summed E-state index contributed by atoms with van der Waals surface area (Å²) < 4.78 is 25.4. The van der Waals surface area contributed by atoms with Crippen LogP contribution >= 0.6 is 0 Å². The van der Waals surface area contributed by atoms with Crippen molar-refractivity contribution in [3.8, 4) is 0 Å². The van der Waals surface area contributed by atoms with Crippen LogP contribution in [-0.4, -0.2) is 70.3 Å². The number of hydrogen-bond donors (Lipinski definition) is 2. The van der Waals surface area contributed by atoms with Crippen molar-refractivity contribution >= 4 is 21.6 Å². The minimum atomic E-state index is -3.50. The lowest BCUT2D eigenvalue weighted by Gasteiger charge is -2.19. The zero-order chi connectivity index (χ0) is 16.9. The van der Waals surface area contributed by atoms with E-state index in [1.54, 1.807) is 12.1 Å². The van der Waals surface area contributed by atoms with Crippen LogP contribution in [0.2, 0.25) is 0 Å². The van der Waals surface area contributed by atoms with Crippen molar-refractivity contribution in [2.24, 2.45) is 0 Å². The van der Waals surface area contributed by atoms with Gasteiger partial charge in [-0.15, -0.1) is 0 Å². The topological polar surface area (TPSA) is 81.8 Å². The van der Waals surface area contributed by atoms with E-state index < -0.39 is 10.0 Å². The van der Waals surface area contributed by atoms with E-state index in [1.165, 1.54) is 26.2 Å². The fourth-order valence-electron chi connectivity index (χ4n) is 2.41. The number of nitrogens with zero attached hydrogens (tertiary/aromatic N) is 2. The highest BCUT2D eigenvalue weighted by Gasteiger charge is 2.18. The number of hydrogen-bond acceptors (Lipinski definition) is 5. The SMILES string of the molecule is CN(C)S(=O)(=O)c1cccc(NC(=O)CN2CCCNCC2)c1. The van der Waals surface area contributed by atoms with E-state index >= 15 is 0 Å². The summed E-state index contributed by atoms with van der Waals surface area (Å²) in [5, 5.41) is 6.07. The van der Waals surface area contributed by atoms with Crippen molar-refractivity contribution in [1.29, 1.82) is 0 Å². The van der Waals surface area contributed by atoms with Crippen LogP contribution in [0.3, 0.4) is 0 Å². The molecule has 1 heterocycles. The van der Waals surface area contributed by atoms with E-state index in [-0.39, 0.29) is 10.8 Å². The quantitative estimate of drug-likeness (QED) is 0.799. The number of anilines is 1. The number of carbonyl (C=O) groups is 1. The average molecular weight is 340 g/mol. The third-order valence-corrected chi connectivity index (χ3v) is 5.51. The van der Waals surface area contributed by atoms with Crippen molar-refractivity contribution in [1.82, 2.24) is 14.5 Å². The Hall–Kier alpha value is -1.48. The molecule has 128 valence electrons. The van der Waals surface area contributed by atoms with Gasteiger partial charge in [0.25, 0.3) is 0 Å². The smallest absolute Gasteiger partial charge is 0.242 e. The van der Waals surface area contributed by atoms with Crippen molar-refractivity contribution < 1.29 is 13.2 Å². The van der Waals surface area contributed by atoms with Crippen LogP contribution in [0.25, 0.3) is 0 Å². The van der Waals surface area contributed by atoms with Gasteiger partial charge in [0, 0.05) is 32.9 Å². The minimum Gasteiger partial charge on any atom is -0.325 e. The number of nitrogens with one attached hydrogen (secondary N) is 2. The van der Waals surface area contributed by atoms with Crippen LogP contribution in [0.5, 0.6) is 0 Å². The van der Waals surface area contributed by atoms with E-state index in [0.29, 0.717) is 12.2 Å². The average Bonchev–Trinajstić information content (AvgIpc) is 2.75. The third kappa shape index (κ3) is 5.00. The molecule has 1 fully saturated rings. The van der Waals surface area contributed by atoms with Gasteiger partial charge in [0.05, 0.1) is 11.4 Å². The van der Waals surface area contributed by atoms with Crippen molar-refractivity contribution in [3.63, 3.8) is 0 Å². The Balaban J connectivity index is 2.01. The highest BCUT2D eigenvalue weighted by Crippen LogP contribution is 2.18. The predicted octanol–water partition coefficient (Wildman–Crippen LogP) is 0.171. The van der Waals surface area contributed by atoms with E-state index in [1.807, 2.05) is 0 Å². The second kappa shape index (κ2) is 7.87. The molecule has 23 heavy (non-hydrogen) atoms. The van der Waals surface area contributed by atoms with Gasteiger partial charge >= 0.3 is 0 Å². The molecule has 0 atom stereocenters. The first kappa shape index (κ1) is 17.9. The second-order valence-corrected chi connectivity index (χ2v) is 7.89. The Morgan fingerprint density at radius 1 is 1.30 bits per heavy atom. The lowest BCUT2D eigenvalue weighted by atomic mass is 10.3. The summed E-state index contributed by atoms with van der Waals surface area (Å²) in [6, 6.07) is 6.32. The van der Waals surface area contributed by atoms with E-state index in [9.17, 15) is 13.2 Å². The molecule has 1 saturated heterocycles. The molecule has 7 nitrogen and oxygen atoms in total. The lowest BCUT2D eigenvalue weighted by Crippen LogP contribution is -2.35. The zero-order valence-corrected chi connectivity index (χ0v) is 14.4. The first-order valence-electron chi connectivity index (χ1n) is 7.65. The monoisotopic (exact) mass is 340 g/mol. The van der Waals surface area contributed by atoms with Gasteiger partial charge in [-0.1, -0.05) is 6.07 Å². The number of carbonyl (C=O) groups excluding carboxylic acids is 1. The summed E-state index contributed by atoms with van der Waals surface area (Å²) in [7, 11) is -0.544. The summed E-state index contributed by atoms with van der Waals surface area (Å²) in [6.45, 7) is 3.89.